The van der Waals surface area contributed by atoms with E-state index in [4.69, 9.17) is 23.2 Å². The van der Waals surface area contributed by atoms with Crippen molar-refractivity contribution in [3.63, 3.8) is 0 Å². The van der Waals surface area contributed by atoms with Crippen LogP contribution < -0.4 is 5.32 Å². The van der Waals surface area contributed by atoms with Crippen LogP contribution in [0.25, 0.3) is 0 Å². The SMILES string of the molecule is Oc1c(Cl)cc2c(c1Cl)CCNC2. The van der Waals surface area contributed by atoms with E-state index < -0.39 is 0 Å². The second-order valence-electron chi connectivity index (χ2n) is 3.09. The van der Waals surface area contributed by atoms with Gasteiger partial charge < -0.3 is 10.4 Å². The van der Waals surface area contributed by atoms with E-state index in [0.717, 1.165) is 30.6 Å². The molecular formula is C9H9Cl2NO. The Labute approximate surface area is 86.5 Å². The van der Waals surface area contributed by atoms with Crippen LogP contribution in [0.2, 0.25) is 10.0 Å². The van der Waals surface area contributed by atoms with Crippen molar-refractivity contribution in [3.8, 4) is 5.75 Å². The molecule has 0 radical (unpaired) electrons. The van der Waals surface area contributed by atoms with Gasteiger partial charge in [-0.25, -0.2) is 0 Å². The number of phenols is 1. The van der Waals surface area contributed by atoms with Crippen molar-refractivity contribution in [2.24, 2.45) is 0 Å². The molecule has 1 aliphatic heterocycles. The van der Waals surface area contributed by atoms with E-state index in [1.807, 2.05) is 0 Å². The van der Waals surface area contributed by atoms with Crippen LogP contribution >= 0.6 is 23.2 Å². The highest BCUT2D eigenvalue weighted by Crippen LogP contribution is 2.37. The van der Waals surface area contributed by atoms with Crippen molar-refractivity contribution in [3.05, 3.63) is 27.2 Å². The highest BCUT2D eigenvalue weighted by Gasteiger charge is 2.17. The highest BCUT2D eigenvalue weighted by atomic mass is 35.5. The molecule has 1 aromatic rings. The van der Waals surface area contributed by atoms with Gasteiger partial charge in [0.25, 0.3) is 0 Å². The van der Waals surface area contributed by atoms with E-state index in [1.54, 1.807) is 6.07 Å². The zero-order valence-electron chi connectivity index (χ0n) is 6.90. The lowest BCUT2D eigenvalue weighted by molar-refractivity contribution is 0.473. The molecule has 0 aromatic heterocycles. The maximum Gasteiger partial charge on any atom is 0.153 e. The predicted molar refractivity (Wildman–Crippen MR) is 53.5 cm³/mol. The Morgan fingerprint density at radius 1 is 1.38 bits per heavy atom. The minimum absolute atomic E-state index is 0.00369. The van der Waals surface area contributed by atoms with Crippen molar-refractivity contribution < 1.29 is 5.11 Å². The van der Waals surface area contributed by atoms with Crippen LogP contribution in [0.1, 0.15) is 11.1 Å². The highest BCUT2D eigenvalue weighted by molar-refractivity contribution is 6.37. The normalized spacial score (nSPS) is 15.5. The van der Waals surface area contributed by atoms with E-state index in [1.165, 1.54) is 0 Å². The molecule has 1 aliphatic rings. The number of nitrogens with one attached hydrogen (secondary N) is 1. The van der Waals surface area contributed by atoms with Crippen LogP contribution in [0.5, 0.6) is 5.75 Å². The first kappa shape index (κ1) is 9.13. The molecule has 4 heteroatoms. The molecule has 70 valence electrons. The van der Waals surface area contributed by atoms with E-state index in [-0.39, 0.29) is 5.75 Å². The topological polar surface area (TPSA) is 32.3 Å². The van der Waals surface area contributed by atoms with Crippen LogP contribution in [0.15, 0.2) is 6.07 Å². The van der Waals surface area contributed by atoms with Gasteiger partial charge in [-0.15, -0.1) is 0 Å². The summed E-state index contributed by atoms with van der Waals surface area (Å²) in [5, 5.41) is 13.4. The van der Waals surface area contributed by atoms with Crippen molar-refractivity contribution in [1.82, 2.24) is 5.32 Å². The number of benzene rings is 1. The summed E-state index contributed by atoms with van der Waals surface area (Å²) in [6.45, 7) is 1.67. The molecule has 13 heavy (non-hydrogen) atoms. The van der Waals surface area contributed by atoms with Gasteiger partial charge in [0.2, 0.25) is 0 Å². The van der Waals surface area contributed by atoms with Gasteiger partial charge in [0, 0.05) is 6.54 Å². The average molecular weight is 218 g/mol. The summed E-state index contributed by atoms with van der Waals surface area (Å²) >= 11 is 11.7. The second-order valence-corrected chi connectivity index (χ2v) is 3.87. The van der Waals surface area contributed by atoms with Crippen LogP contribution in [0, 0.1) is 0 Å². The maximum atomic E-state index is 9.48. The molecule has 1 aromatic carbocycles. The number of rotatable bonds is 0. The summed E-state index contributed by atoms with van der Waals surface area (Å²) in [7, 11) is 0. The Kier molecular flexibility index (Phi) is 2.37. The van der Waals surface area contributed by atoms with Gasteiger partial charge in [0.05, 0.1) is 10.0 Å². The standard InChI is InChI=1S/C9H9Cl2NO/c10-7-3-5-4-12-2-1-6(5)8(11)9(7)13/h3,12-13H,1-2,4H2. The lowest BCUT2D eigenvalue weighted by Crippen LogP contribution is -2.23. The Morgan fingerprint density at radius 3 is 2.92 bits per heavy atom. The minimum atomic E-state index is 0.00369. The summed E-state index contributed by atoms with van der Waals surface area (Å²) in [4.78, 5) is 0. The quantitative estimate of drug-likeness (QED) is 0.700. The molecule has 0 saturated heterocycles. The van der Waals surface area contributed by atoms with Crippen molar-refractivity contribution in [1.29, 1.82) is 0 Å². The monoisotopic (exact) mass is 217 g/mol. The van der Waals surface area contributed by atoms with E-state index in [0.29, 0.717) is 10.0 Å². The van der Waals surface area contributed by atoms with Crippen molar-refractivity contribution in [2.75, 3.05) is 6.54 Å². The molecule has 0 unspecified atom stereocenters. The molecule has 0 fully saturated rings. The lowest BCUT2D eigenvalue weighted by atomic mass is 10.0. The summed E-state index contributed by atoms with van der Waals surface area (Å²) < 4.78 is 0. The Balaban J connectivity index is 2.60. The molecule has 0 bridgehead atoms. The predicted octanol–water partition coefficient (Wildman–Crippen LogP) is 2.34. The third-order valence-corrected chi connectivity index (χ3v) is 2.95. The van der Waals surface area contributed by atoms with Gasteiger partial charge in [-0.05, 0) is 30.2 Å². The average Bonchev–Trinajstić information content (AvgIpc) is 2.15. The maximum absolute atomic E-state index is 9.48. The molecule has 1 heterocycles. The molecule has 0 saturated carbocycles. The zero-order valence-corrected chi connectivity index (χ0v) is 8.41. The fraction of sp³-hybridized carbons (Fsp3) is 0.333. The molecule has 2 rings (SSSR count). The molecular weight excluding hydrogens is 209 g/mol. The molecule has 0 spiro atoms. The van der Waals surface area contributed by atoms with Gasteiger partial charge in [-0.1, -0.05) is 23.2 Å². The van der Waals surface area contributed by atoms with E-state index in [2.05, 4.69) is 5.32 Å². The van der Waals surface area contributed by atoms with Gasteiger partial charge in [0.1, 0.15) is 0 Å². The second kappa shape index (κ2) is 3.37. The van der Waals surface area contributed by atoms with Crippen LogP contribution in [-0.4, -0.2) is 11.7 Å². The fourth-order valence-corrected chi connectivity index (χ4v) is 2.15. The van der Waals surface area contributed by atoms with Crippen molar-refractivity contribution >= 4 is 23.2 Å². The first-order valence-corrected chi connectivity index (χ1v) is 4.85. The third-order valence-electron chi connectivity index (χ3n) is 2.25. The number of fused-ring (bicyclic) bond motifs is 1. The molecule has 0 atom stereocenters. The Morgan fingerprint density at radius 2 is 2.15 bits per heavy atom. The van der Waals surface area contributed by atoms with Crippen LogP contribution in [0.4, 0.5) is 0 Å². The lowest BCUT2D eigenvalue weighted by Gasteiger charge is -2.19. The smallest absolute Gasteiger partial charge is 0.153 e. The largest absolute Gasteiger partial charge is 0.505 e. The van der Waals surface area contributed by atoms with E-state index in [9.17, 15) is 5.11 Å². The molecule has 2 nitrogen and oxygen atoms in total. The first-order valence-electron chi connectivity index (χ1n) is 4.09. The summed E-state index contributed by atoms with van der Waals surface area (Å²) in [6, 6.07) is 1.77. The van der Waals surface area contributed by atoms with Gasteiger partial charge in [-0.2, -0.15) is 0 Å². The molecule has 0 amide bonds. The summed E-state index contributed by atoms with van der Waals surface area (Å²) in [5.41, 5.74) is 2.10. The number of phenolic OH excluding ortho intramolecular Hbond substituents is 1. The van der Waals surface area contributed by atoms with Crippen molar-refractivity contribution in [2.45, 2.75) is 13.0 Å². The van der Waals surface area contributed by atoms with Crippen LogP contribution in [-0.2, 0) is 13.0 Å². The first-order chi connectivity index (χ1) is 6.20. The summed E-state index contributed by atoms with van der Waals surface area (Å²) in [6.07, 6.45) is 0.846. The third kappa shape index (κ3) is 1.50. The van der Waals surface area contributed by atoms with E-state index >= 15 is 0 Å². The summed E-state index contributed by atoms with van der Waals surface area (Å²) in [5.74, 6) is 0.00369. The Bertz CT molecular complexity index is 352. The molecule has 2 N–H and O–H groups in total. The van der Waals surface area contributed by atoms with Gasteiger partial charge in [0.15, 0.2) is 5.75 Å². The number of hydrogen-bond acceptors (Lipinski definition) is 2. The minimum Gasteiger partial charge on any atom is -0.505 e. The molecule has 0 aliphatic carbocycles. The van der Waals surface area contributed by atoms with Gasteiger partial charge in [-0.3, -0.25) is 0 Å². The zero-order chi connectivity index (χ0) is 9.42. The van der Waals surface area contributed by atoms with Gasteiger partial charge >= 0.3 is 0 Å². The number of aromatic hydroxyl groups is 1. The number of halogens is 2. The Hall–Kier alpha value is -0.440. The number of hydrogen-bond donors (Lipinski definition) is 2. The fourth-order valence-electron chi connectivity index (χ4n) is 1.56. The van der Waals surface area contributed by atoms with Crippen LogP contribution in [0.3, 0.4) is 0 Å².